The van der Waals surface area contributed by atoms with E-state index in [1.165, 1.54) is 16.8 Å². The van der Waals surface area contributed by atoms with E-state index < -0.39 is 0 Å². The zero-order valence-corrected chi connectivity index (χ0v) is 18.2. The van der Waals surface area contributed by atoms with Gasteiger partial charge < -0.3 is 19.4 Å². The Kier molecular flexibility index (Phi) is 5.84. The normalized spacial score (nSPS) is 17.4. The van der Waals surface area contributed by atoms with Gasteiger partial charge in [0.05, 0.1) is 18.7 Å². The molecule has 7 heteroatoms. The van der Waals surface area contributed by atoms with Gasteiger partial charge in [0, 0.05) is 62.1 Å². The Bertz CT molecular complexity index is 1030. The van der Waals surface area contributed by atoms with Crippen LogP contribution in [0.3, 0.4) is 0 Å². The van der Waals surface area contributed by atoms with Crippen LogP contribution in [-0.4, -0.2) is 67.4 Å². The number of benzene rings is 1. The summed E-state index contributed by atoms with van der Waals surface area (Å²) in [6, 6.07) is 12.9. The van der Waals surface area contributed by atoms with Gasteiger partial charge in [-0.05, 0) is 18.6 Å². The lowest BCUT2D eigenvalue weighted by Gasteiger charge is -2.37. The summed E-state index contributed by atoms with van der Waals surface area (Å²) in [5, 5.41) is 1.24. The predicted octanol–water partition coefficient (Wildman–Crippen LogP) is 3.14. The molecular weight excluding hydrogens is 388 g/mol. The third-order valence-corrected chi connectivity index (χ3v) is 6.17. The maximum Gasteiger partial charge on any atom is 0.134 e. The molecule has 2 saturated heterocycles. The highest BCUT2D eigenvalue weighted by Gasteiger charge is 2.22. The van der Waals surface area contributed by atoms with Gasteiger partial charge in [0.15, 0.2) is 0 Å². The van der Waals surface area contributed by atoms with E-state index in [-0.39, 0.29) is 0 Å². The molecule has 3 aromatic rings. The number of hydrogen-bond donors (Lipinski definition) is 0. The smallest absolute Gasteiger partial charge is 0.134 e. The van der Waals surface area contributed by atoms with Crippen LogP contribution in [0, 0.1) is 0 Å². The van der Waals surface area contributed by atoms with Gasteiger partial charge in [-0.15, -0.1) is 0 Å². The van der Waals surface area contributed by atoms with Crippen LogP contribution in [0.4, 0.5) is 17.3 Å². The fourth-order valence-corrected chi connectivity index (χ4v) is 4.51. The molecule has 0 N–H and O–H groups in total. The van der Waals surface area contributed by atoms with Crippen LogP contribution in [0.5, 0.6) is 0 Å². The molecule has 0 atom stereocenters. The van der Waals surface area contributed by atoms with Gasteiger partial charge >= 0.3 is 0 Å². The fraction of sp³-hybridized carbons (Fsp3) is 0.458. The number of aromatic nitrogens is 3. The van der Waals surface area contributed by atoms with Gasteiger partial charge in [0.2, 0.25) is 0 Å². The summed E-state index contributed by atoms with van der Waals surface area (Å²) in [4.78, 5) is 21.1. The predicted molar refractivity (Wildman–Crippen MR) is 125 cm³/mol. The van der Waals surface area contributed by atoms with E-state index in [4.69, 9.17) is 9.72 Å². The first-order valence-electron chi connectivity index (χ1n) is 11.3. The van der Waals surface area contributed by atoms with E-state index in [0.717, 1.165) is 82.5 Å². The van der Waals surface area contributed by atoms with Crippen LogP contribution in [-0.2, 0) is 11.2 Å². The van der Waals surface area contributed by atoms with Crippen molar-refractivity contribution >= 4 is 28.2 Å². The van der Waals surface area contributed by atoms with Crippen LogP contribution in [0.15, 0.2) is 42.7 Å². The number of para-hydroxylation sites is 1. The molecule has 4 heterocycles. The average molecular weight is 419 g/mol. The van der Waals surface area contributed by atoms with Gasteiger partial charge in [-0.2, -0.15) is 0 Å². The average Bonchev–Trinajstić information content (AvgIpc) is 2.84. The topological polar surface area (TPSA) is 57.6 Å². The van der Waals surface area contributed by atoms with E-state index >= 15 is 0 Å². The first-order chi connectivity index (χ1) is 15.3. The van der Waals surface area contributed by atoms with Gasteiger partial charge in [-0.3, -0.25) is 4.98 Å². The summed E-state index contributed by atoms with van der Waals surface area (Å²) < 4.78 is 5.47. The van der Waals surface area contributed by atoms with E-state index in [1.54, 1.807) is 6.33 Å². The number of morpholine rings is 1. The van der Waals surface area contributed by atoms with Gasteiger partial charge in [-0.1, -0.05) is 31.5 Å². The molecule has 2 aromatic heterocycles. The van der Waals surface area contributed by atoms with Crippen molar-refractivity contribution in [2.45, 2.75) is 19.8 Å². The summed E-state index contributed by atoms with van der Waals surface area (Å²) in [6.07, 6.45) is 3.82. The summed E-state index contributed by atoms with van der Waals surface area (Å²) in [5.41, 5.74) is 3.59. The lowest BCUT2D eigenvalue weighted by Crippen LogP contribution is -2.47. The Balaban J connectivity index is 1.33. The Morgan fingerprint density at radius 2 is 1.52 bits per heavy atom. The van der Waals surface area contributed by atoms with E-state index in [9.17, 15) is 0 Å². The van der Waals surface area contributed by atoms with Crippen LogP contribution < -0.4 is 14.7 Å². The maximum absolute atomic E-state index is 5.47. The first-order valence-corrected chi connectivity index (χ1v) is 11.3. The number of pyridine rings is 1. The summed E-state index contributed by atoms with van der Waals surface area (Å²) in [5.74, 6) is 2.02. The van der Waals surface area contributed by atoms with Crippen molar-refractivity contribution < 1.29 is 4.74 Å². The molecule has 0 radical (unpaired) electrons. The number of rotatable bonds is 5. The van der Waals surface area contributed by atoms with Crippen molar-refractivity contribution in [3.8, 4) is 0 Å². The Labute approximate surface area is 183 Å². The van der Waals surface area contributed by atoms with Crippen LogP contribution >= 0.6 is 0 Å². The maximum atomic E-state index is 5.47. The van der Waals surface area contributed by atoms with Gasteiger partial charge in [0.1, 0.15) is 18.0 Å². The van der Waals surface area contributed by atoms with E-state index in [2.05, 4.69) is 68.0 Å². The molecule has 7 nitrogen and oxygen atoms in total. The molecule has 0 bridgehead atoms. The summed E-state index contributed by atoms with van der Waals surface area (Å²) in [6.45, 7) is 9.34. The second kappa shape index (κ2) is 9.06. The fourth-order valence-electron chi connectivity index (χ4n) is 4.51. The zero-order chi connectivity index (χ0) is 21.0. The number of anilines is 3. The first kappa shape index (κ1) is 20.0. The molecule has 0 saturated carbocycles. The molecule has 2 aliphatic heterocycles. The monoisotopic (exact) mass is 418 g/mol. The van der Waals surface area contributed by atoms with Crippen LogP contribution in [0.2, 0.25) is 0 Å². The standard InChI is InChI=1S/C24H30N6O/c1-2-5-19-16-22(20-6-3-4-7-21(20)27-19)28-8-10-29(11-9-28)23-17-24(26-18-25-23)30-12-14-31-15-13-30/h3-4,6-7,16-18H,2,5,8-15H2,1H3. The molecule has 0 amide bonds. The number of ether oxygens (including phenoxy) is 1. The molecule has 0 spiro atoms. The molecular formula is C24H30N6O. The molecule has 5 rings (SSSR count). The largest absolute Gasteiger partial charge is 0.378 e. The third kappa shape index (κ3) is 4.28. The van der Waals surface area contributed by atoms with Gasteiger partial charge in [0.25, 0.3) is 0 Å². The number of fused-ring (bicyclic) bond motifs is 1. The minimum absolute atomic E-state index is 0.762. The molecule has 1 aromatic carbocycles. The molecule has 0 unspecified atom stereocenters. The van der Waals surface area contributed by atoms with Crippen molar-refractivity contribution in [2.75, 3.05) is 67.2 Å². The van der Waals surface area contributed by atoms with Crippen LogP contribution in [0.1, 0.15) is 19.0 Å². The third-order valence-electron chi connectivity index (χ3n) is 6.17. The van der Waals surface area contributed by atoms with Crippen LogP contribution in [0.25, 0.3) is 10.9 Å². The number of piperazine rings is 1. The lowest BCUT2D eigenvalue weighted by molar-refractivity contribution is 0.122. The van der Waals surface area contributed by atoms with Crippen molar-refractivity contribution in [3.05, 3.63) is 48.4 Å². The SMILES string of the molecule is CCCc1cc(N2CCN(c3cc(N4CCOCC4)ncn3)CC2)c2ccccc2n1. The zero-order valence-electron chi connectivity index (χ0n) is 18.2. The summed E-state index contributed by atoms with van der Waals surface area (Å²) >= 11 is 0. The Hall–Kier alpha value is -2.93. The van der Waals surface area contributed by atoms with Crippen molar-refractivity contribution in [1.82, 2.24) is 15.0 Å². The van der Waals surface area contributed by atoms with E-state index in [1.807, 2.05) is 0 Å². The number of nitrogens with zero attached hydrogens (tertiary/aromatic N) is 6. The number of aryl methyl sites for hydroxylation is 1. The van der Waals surface area contributed by atoms with Gasteiger partial charge in [-0.25, -0.2) is 9.97 Å². The minimum Gasteiger partial charge on any atom is -0.378 e. The van der Waals surface area contributed by atoms with E-state index in [0.29, 0.717) is 0 Å². The molecule has 31 heavy (non-hydrogen) atoms. The summed E-state index contributed by atoms with van der Waals surface area (Å²) in [7, 11) is 0. The second-order valence-electron chi connectivity index (χ2n) is 8.21. The molecule has 162 valence electrons. The lowest BCUT2D eigenvalue weighted by atomic mass is 10.1. The quantitative estimate of drug-likeness (QED) is 0.631. The molecule has 0 aliphatic carbocycles. The second-order valence-corrected chi connectivity index (χ2v) is 8.21. The molecule has 2 fully saturated rings. The Morgan fingerprint density at radius 3 is 2.26 bits per heavy atom. The Morgan fingerprint density at radius 1 is 0.839 bits per heavy atom. The highest BCUT2D eigenvalue weighted by Crippen LogP contribution is 2.29. The highest BCUT2D eigenvalue weighted by atomic mass is 16.5. The molecule has 2 aliphatic rings. The highest BCUT2D eigenvalue weighted by molar-refractivity contribution is 5.92. The number of hydrogen-bond acceptors (Lipinski definition) is 7. The minimum atomic E-state index is 0.762. The van der Waals surface area contributed by atoms with Crippen molar-refractivity contribution in [1.29, 1.82) is 0 Å². The van der Waals surface area contributed by atoms with Crippen molar-refractivity contribution in [2.24, 2.45) is 0 Å². The van der Waals surface area contributed by atoms with Crippen molar-refractivity contribution in [3.63, 3.8) is 0 Å².